The molecule has 0 aliphatic heterocycles. The molecule has 1 atom stereocenters. The minimum Gasteiger partial charge on any atom is -0.497 e. The van der Waals surface area contributed by atoms with E-state index >= 15 is 0 Å². The van der Waals surface area contributed by atoms with E-state index < -0.39 is 28.5 Å². The number of carbonyl (C=O) groups is 2. The second-order valence-electron chi connectivity index (χ2n) is 10.2. The Morgan fingerprint density at radius 2 is 1.71 bits per heavy atom. The molecule has 1 aliphatic carbocycles. The van der Waals surface area contributed by atoms with Gasteiger partial charge in [-0.3, -0.25) is 13.9 Å². The number of rotatable bonds is 11. The predicted molar refractivity (Wildman–Crippen MR) is 151 cm³/mol. The van der Waals surface area contributed by atoms with Gasteiger partial charge in [0.05, 0.1) is 19.1 Å². The lowest BCUT2D eigenvalue weighted by Crippen LogP contribution is -2.54. The molecule has 0 radical (unpaired) electrons. The summed E-state index contributed by atoms with van der Waals surface area (Å²) in [4.78, 5) is 28.9. The zero-order valence-electron chi connectivity index (χ0n) is 23.2. The molecule has 0 saturated heterocycles. The molecule has 1 aliphatic rings. The second-order valence-corrected chi connectivity index (χ2v) is 12.1. The van der Waals surface area contributed by atoms with Crippen LogP contribution in [0, 0.1) is 13.8 Å². The Labute approximate surface area is 227 Å². The summed E-state index contributed by atoms with van der Waals surface area (Å²) in [5, 5.41) is 3.16. The summed E-state index contributed by atoms with van der Waals surface area (Å²) in [6.07, 6.45) is 6.70. The van der Waals surface area contributed by atoms with Crippen molar-refractivity contribution >= 4 is 27.5 Å². The lowest BCUT2D eigenvalue weighted by atomic mass is 9.95. The van der Waals surface area contributed by atoms with E-state index in [1.54, 1.807) is 25.3 Å². The molecule has 208 valence electrons. The fourth-order valence-electron chi connectivity index (χ4n) is 5.07. The molecule has 0 spiro atoms. The van der Waals surface area contributed by atoms with Gasteiger partial charge in [0.1, 0.15) is 18.3 Å². The smallest absolute Gasteiger partial charge is 0.244 e. The molecule has 2 aromatic rings. The Morgan fingerprint density at radius 3 is 2.26 bits per heavy atom. The number of hydrogen-bond acceptors (Lipinski definition) is 5. The summed E-state index contributed by atoms with van der Waals surface area (Å²) in [7, 11) is -2.19. The highest BCUT2D eigenvalue weighted by molar-refractivity contribution is 7.92. The van der Waals surface area contributed by atoms with Gasteiger partial charge in [0.25, 0.3) is 0 Å². The van der Waals surface area contributed by atoms with Crippen LogP contribution in [0.5, 0.6) is 5.75 Å². The largest absolute Gasteiger partial charge is 0.497 e. The molecule has 9 heteroatoms. The van der Waals surface area contributed by atoms with Gasteiger partial charge in [0.2, 0.25) is 21.8 Å². The maximum Gasteiger partial charge on any atom is 0.244 e. The summed E-state index contributed by atoms with van der Waals surface area (Å²) in [6.45, 7) is 5.40. The standard InChI is InChI=1S/C29H41N3O5S/c1-6-26(29(34)30-24-10-8-7-9-11-24)31(19-23-13-15-25(37-4)16-14-23)28(33)20-32(38(5,35)36)27-17-12-21(2)18-22(27)3/h12-18,24,26H,6-11,19-20H2,1-5H3,(H,30,34). The van der Waals surface area contributed by atoms with E-state index in [0.29, 0.717) is 17.9 Å². The van der Waals surface area contributed by atoms with Crippen LogP contribution >= 0.6 is 0 Å². The monoisotopic (exact) mass is 543 g/mol. The molecule has 0 heterocycles. The maximum absolute atomic E-state index is 13.9. The van der Waals surface area contributed by atoms with Gasteiger partial charge >= 0.3 is 0 Å². The van der Waals surface area contributed by atoms with Crippen LogP contribution in [0.1, 0.15) is 62.1 Å². The number of hydrogen-bond donors (Lipinski definition) is 1. The van der Waals surface area contributed by atoms with Crippen LogP contribution in [0.15, 0.2) is 42.5 Å². The van der Waals surface area contributed by atoms with Crippen molar-refractivity contribution in [2.24, 2.45) is 0 Å². The van der Waals surface area contributed by atoms with Gasteiger partial charge in [0, 0.05) is 12.6 Å². The first-order valence-corrected chi connectivity index (χ1v) is 15.2. The Hall–Kier alpha value is -3.07. The summed E-state index contributed by atoms with van der Waals surface area (Å²) in [5.74, 6) is 0.0577. The van der Waals surface area contributed by atoms with E-state index in [2.05, 4.69) is 5.32 Å². The van der Waals surface area contributed by atoms with E-state index in [1.807, 2.05) is 45.0 Å². The highest BCUT2D eigenvalue weighted by Gasteiger charge is 2.33. The van der Waals surface area contributed by atoms with Crippen molar-refractivity contribution in [3.8, 4) is 5.75 Å². The first-order chi connectivity index (χ1) is 18.0. The van der Waals surface area contributed by atoms with Gasteiger partial charge in [-0.05, 0) is 62.4 Å². The zero-order chi connectivity index (χ0) is 27.9. The van der Waals surface area contributed by atoms with Crippen LogP contribution in [0.25, 0.3) is 0 Å². The lowest BCUT2D eigenvalue weighted by Gasteiger charge is -2.34. The number of amides is 2. The van der Waals surface area contributed by atoms with E-state index in [9.17, 15) is 18.0 Å². The Balaban J connectivity index is 1.93. The average molecular weight is 544 g/mol. The molecule has 2 aromatic carbocycles. The molecule has 38 heavy (non-hydrogen) atoms. The van der Waals surface area contributed by atoms with Crippen molar-refractivity contribution in [1.82, 2.24) is 10.2 Å². The topological polar surface area (TPSA) is 96.0 Å². The number of nitrogens with one attached hydrogen (secondary N) is 1. The summed E-state index contributed by atoms with van der Waals surface area (Å²) in [6, 6.07) is 12.1. The number of ether oxygens (including phenoxy) is 1. The normalized spacial score (nSPS) is 15.0. The predicted octanol–water partition coefficient (Wildman–Crippen LogP) is 4.33. The molecule has 1 saturated carbocycles. The zero-order valence-corrected chi connectivity index (χ0v) is 24.0. The van der Waals surface area contributed by atoms with E-state index in [0.717, 1.165) is 52.9 Å². The number of carbonyl (C=O) groups excluding carboxylic acids is 2. The van der Waals surface area contributed by atoms with E-state index in [1.165, 1.54) is 11.3 Å². The number of aryl methyl sites for hydroxylation is 2. The number of anilines is 1. The van der Waals surface area contributed by atoms with Crippen molar-refractivity contribution in [2.75, 3.05) is 24.2 Å². The molecule has 1 unspecified atom stereocenters. The minimum atomic E-state index is -3.77. The lowest BCUT2D eigenvalue weighted by molar-refractivity contribution is -0.140. The summed E-state index contributed by atoms with van der Waals surface area (Å²) in [5.41, 5.74) is 3.03. The molecular weight excluding hydrogens is 502 g/mol. The van der Waals surface area contributed by atoms with Crippen LogP contribution in [-0.2, 0) is 26.2 Å². The van der Waals surface area contributed by atoms with Gasteiger partial charge in [-0.15, -0.1) is 0 Å². The minimum absolute atomic E-state index is 0.103. The fourth-order valence-corrected chi connectivity index (χ4v) is 5.98. The van der Waals surface area contributed by atoms with Crippen molar-refractivity contribution in [3.05, 3.63) is 59.2 Å². The molecular formula is C29H41N3O5S. The molecule has 0 aromatic heterocycles. The SMILES string of the molecule is CCC(C(=O)NC1CCCCC1)N(Cc1ccc(OC)cc1)C(=O)CN(c1ccc(C)cc1C)S(C)(=O)=O. The Kier molecular flexibility index (Phi) is 10.2. The first-order valence-electron chi connectivity index (χ1n) is 13.3. The summed E-state index contributed by atoms with van der Waals surface area (Å²) < 4.78 is 32.1. The number of nitrogens with zero attached hydrogens (tertiary/aromatic N) is 2. The molecule has 3 rings (SSSR count). The molecule has 1 fully saturated rings. The van der Waals surface area contributed by atoms with Crippen molar-refractivity contribution in [3.63, 3.8) is 0 Å². The molecule has 8 nitrogen and oxygen atoms in total. The second kappa shape index (κ2) is 13.1. The quantitative estimate of drug-likeness (QED) is 0.455. The van der Waals surface area contributed by atoms with Crippen LogP contribution in [0.3, 0.4) is 0 Å². The van der Waals surface area contributed by atoms with Crippen molar-refractivity contribution < 1.29 is 22.7 Å². The van der Waals surface area contributed by atoms with E-state index in [4.69, 9.17) is 4.74 Å². The highest BCUT2D eigenvalue weighted by Crippen LogP contribution is 2.25. The number of methoxy groups -OCH3 is 1. The third-order valence-corrected chi connectivity index (χ3v) is 8.28. The molecule has 2 amide bonds. The Bertz CT molecular complexity index is 1210. The van der Waals surface area contributed by atoms with Crippen LogP contribution in [-0.4, -0.2) is 57.1 Å². The van der Waals surface area contributed by atoms with Gasteiger partial charge < -0.3 is 15.0 Å². The number of sulfonamides is 1. The van der Waals surface area contributed by atoms with Gasteiger partial charge in [-0.1, -0.05) is 56.0 Å². The Morgan fingerprint density at radius 1 is 1.05 bits per heavy atom. The summed E-state index contributed by atoms with van der Waals surface area (Å²) >= 11 is 0. The molecule has 0 bridgehead atoms. The van der Waals surface area contributed by atoms with Crippen LogP contribution in [0.4, 0.5) is 5.69 Å². The molecule has 1 N–H and O–H groups in total. The van der Waals surface area contributed by atoms with Crippen molar-refractivity contribution in [1.29, 1.82) is 0 Å². The van der Waals surface area contributed by atoms with Gasteiger partial charge in [-0.25, -0.2) is 8.42 Å². The first kappa shape index (κ1) is 29.5. The van der Waals surface area contributed by atoms with Crippen LogP contribution in [0.2, 0.25) is 0 Å². The third-order valence-electron chi connectivity index (χ3n) is 7.15. The van der Waals surface area contributed by atoms with Crippen LogP contribution < -0.4 is 14.4 Å². The fraction of sp³-hybridized carbons (Fsp3) is 0.517. The van der Waals surface area contributed by atoms with Gasteiger partial charge in [-0.2, -0.15) is 0 Å². The van der Waals surface area contributed by atoms with Gasteiger partial charge in [0.15, 0.2) is 0 Å². The third kappa shape index (κ3) is 7.72. The van der Waals surface area contributed by atoms with E-state index in [-0.39, 0.29) is 18.5 Å². The number of benzene rings is 2. The maximum atomic E-state index is 13.9. The highest BCUT2D eigenvalue weighted by atomic mass is 32.2. The average Bonchev–Trinajstić information content (AvgIpc) is 2.88. The van der Waals surface area contributed by atoms with Crippen molar-refractivity contribution in [2.45, 2.75) is 77.9 Å².